The number of para-hydroxylation sites is 1. The summed E-state index contributed by atoms with van der Waals surface area (Å²) in [5.41, 5.74) is 4.79. The number of nitrogens with zero attached hydrogens (tertiary/aromatic N) is 2. The van der Waals surface area contributed by atoms with Crippen LogP contribution in [0.4, 0.5) is 10.5 Å². The molecule has 0 saturated carbocycles. The van der Waals surface area contributed by atoms with Crippen molar-refractivity contribution in [3.63, 3.8) is 0 Å². The first-order valence-corrected chi connectivity index (χ1v) is 9.12. The highest BCUT2D eigenvalue weighted by molar-refractivity contribution is 6.30. The predicted molar refractivity (Wildman–Crippen MR) is 99.4 cm³/mol. The largest absolute Gasteiger partial charge is 0.465 e. The van der Waals surface area contributed by atoms with E-state index in [1.165, 1.54) is 16.8 Å². The third kappa shape index (κ3) is 3.07. The van der Waals surface area contributed by atoms with Gasteiger partial charge in [-0.1, -0.05) is 29.8 Å². The third-order valence-electron chi connectivity index (χ3n) is 5.32. The van der Waals surface area contributed by atoms with E-state index in [1.807, 2.05) is 18.2 Å². The van der Waals surface area contributed by atoms with E-state index in [4.69, 9.17) is 11.6 Å². The summed E-state index contributed by atoms with van der Waals surface area (Å²) >= 11 is 6.36. The standard InChI is InChI=1S/C20H21ClN2O2/c21-15-11-14-8-10-22(16-5-2-1-3-6-16)13-18(14)17(12-15)19-7-4-9-23(19)20(24)25/h1-3,5-6,11-12,19H,4,7-10,13H2,(H,24,25)/t19-/m0/s1. The van der Waals surface area contributed by atoms with Gasteiger partial charge in [0.15, 0.2) is 0 Å². The Morgan fingerprint density at radius 3 is 2.72 bits per heavy atom. The van der Waals surface area contributed by atoms with Crippen molar-refractivity contribution in [1.29, 1.82) is 0 Å². The molecule has 0 unspecified atom stereocenters. The molecule has 5 heteroatoms. The van der Waals surface area contributed by atoms with Crippen LogP contribution in [0.3, 0.4) is 0 Å². The molecule has 1 N–H and O–H groups in total. The fourth-order valence-corrected chi connectivity index (χ4v) is 4.38. The van der Waals surface area contributed by atoms with E-state index >= 15 is 0 Å². The van der Waals surface area contributed by atoms with Crippen LogP contribution in [-0.2, 0) is 13.0 Å². The fourth-order valence-electron chi connectivity index (χ4n) is 4.13. The van der Waals surface area contributed by atoms with E-state index in [9.17, 15) is 9.90 Å². The van der Waals surface area contributed by atoms with Crippen LogP contribution in [-0.4, -0.2) is 29.2 Å². The molecule has 1 saturated heterocycles. The lowest BCUT2D eigenvalue weighted by Gasteiger charge is -2.34. The molecule has 2 aliphatic rings. The summed E-state index contributed by atoms with van der Waals surface area (Å²) in [7, 11) is 0. The first-order chi connectivity index (χ1) is 12.1. The molecular formula is C20H21ClN2O2. The number of likely N-dealkylation sites (tertiary alicyclic amines) is 1. The van der Waals surface area contributed by atoms with E-state index in [0.717, 1.165) is 37.9 Å². The summed E-state index contributed by atoms with van der Waals surface area (Å²) in [4.78, 5) is 15.5. The smallest absolute Gasteiger partial charge is 0.407 e. The van der Waals surface area contributed by atoms with Gasteiger partial charge in [-0.25, -0.2) is 4.79 Å². The number of amides is 1. The van der Waals surface area contributed by atoms with Crippen molar-refractivity contribution in [3.05, 3.63) is 64.2 Å². The highest BCUT2D eigenvalue weighted by Crippen LogP contribution is 2.39. The van der Waals surface area contributed by atoms with Gasteiger partial charge in [0, 0.05) is 30.3 Å². The minimum Gasteiger partial charge on any atom is -0.465 e. The second kappa shape index (κ2) is 6.60. The minimum atomic E-state index is -0.841. The molecule has 25 heavy (non-hydrogen) atoms. The van der Waals surface area contributed by atoms with Crippen molar-refractivity contribution in [3.8, 4) is 0 Å². The average Bonchev–Trinajstić information content (AvgIpc) is 3.11. The number of carbonyl (C=O) groups is 1. The van der Waals surface area contributed by atoms with Crippen LogP contribution in [0.5, 0.6) is 0 Å². The van der Waals surface area contributed by atoms with Crippen LogP contribution in [0.1, 0.15) is 35.6 Å². The van der Waals surface area contributed by atoms with Crippen molar-refractivity contribution in [2.45, 2.75) is 31.8 Å². The van der Waals surface area contributed by atoms with E-state index in [1.54, 1.807) is 4.90 Å². The Hall–Kier alpha value is -2.20. The molecule has 0 bridgehead atoms. The maximum atomic E-state index is 11.6. The van der Waals surface area contributed by atoms with Gasteiger partial charge < -0.3 is 14.9 Å². The number of hydrogen-bond acceptors (Lipinski definition) is 2. The van der Waals surface area contributed by atoms with E-state index in [2.05, 4.69) is 29.2 Å². The number of halogens is 1. The monoisotopic (exact) mass is 356 g/mol. The molecule has 4 rings (SSSR count). The Kier molecular flexibility index (Phi) is 4.30. The Bertz CT molecular complexity index is 794. The van der Waals surface area contributed by atoms with Crippen LogP contribution in [0.2, 0.25) is 5.02 Å². The van der Waals surface area contributed by atoms with Gasteiger partial charge in [-0.05, 0) is 60.2 Å². The maximum absolute atomic E-state index is 11.6. The van der Waals surface area contributed by atoms with Crippen LogP contribution < -0.4 is 4.90 Å². The van der Waals surface area contributed by atoms with Crippen molar-refractivity contribution in [2.75, 3.05) is 18.0 Å². The molecule has 0 aromatic heterocycles. The van der Waals surface area contributed by atoms with Crippen molar-refractivity contribution < 1.29 is 9.90 Å². The summed E-state index contributed by atoms with van der Waals surface area (Å²) in [5, 5.41) is 10.2. The number of benzene rings is 2. The van der Waals surface area contributed by atoms with Crippen LogP contribution >= 0.6 is 11.6 Å². The Morgan fingerprint density at radius 1 is 1.16 bits per heavy atom. The lowest BCUT2D eigenvalue weighted by atomic mass is 9.90. The Labute approximate surface area is 152 Å². The first kappa shape index (κ1) is 16.3. The topological polar surface area (TPSA) is 43.8 Å². The van der Waals surface area contributed by atoms with Gasteiger partial charge in [-0.2, -0.15) is 0 Å². The molecule has 4 nitrogen and oxygen atoms in total. The number of rotatable bonds is 2. The molecule has 0 radical (unpaired) electrons. The van der Waals surface area contributed by atoms with Gasteiger partial charge in [0.1, 0.15) is 0 Å². The summed E-state index contributed by atoms with van der Waals surface area (Å²) in [6.07, 6.45) is 1.86. The summed E-state index contributed by atoms with van der Waals surface area (Å²) in [6.45, 7) is 2.35. The summed E-state index contributed by atoms with van der Waals surface area (Å²) in [6, 6.07) is 14.3. The molecule has 1 amide bonds. The lowest BCUT2D eigenvalue weighted by Crippen LogP contribution is -2.34. The second-order valence-corrected chi connectivity index (χ2v) is 7.21. The van der Waals surface area contributed by atoms with Crippen LogP contribution in [0.25, 0.3) is 0 Å². The van der Waals surface area contributed by atoms with E-state index in [-0.39, 0.29) is 6.04 Å². The number of hydrogen-bond donors (Lipinski definition) is 1. The Morgan fingerprint density at radius 2 is 1.96 bits per heavy atom. The molecule has 2 aromatic rings. The van der Waals surface area contributed by atoms with Gasteiger partial charge in [-0.15, -0.1) is 0 Å². The number of carboxylic acid groups (broad SMARTS) is 1. The predicted octanol–water partition coefficient (Wildman–Crippen LogP) is 4.72. The van der Waals surface area contributed by atoms with Gasteiger partial charge in [0.25, 0.3) is 0 Å². The molecule has 2 aromatic carbocycles. The fraction of sp³-hybridized carbons (Fsp3) is 0.350. The van der Waals surface area contributed by atoms with Gasteiger partial charge in [0.2, 0.25) is 0 Å². The third-order valence-corrected chi connectivity index (χ3v) is 5.54. The normalized spacial score (nSPS) is 19.8. The summed E-state index contributed by atoms with van der Waals surface area (Å²) in [5.74, 6) is 0. The van der Waals surface area contributed by atoms with Gasteiger partial charge in [-0.3, -0.25) is 0 Å². The van der Waals surface area contributed by atoms with Crippen molar-refractivity contribution in [1.82, 2.24) is 4.90 Å². The lowest BCUT2D eigenvalue weighted by molar-refractivity contribution is 0.140. The number of anilines is 1. The zero-order valence-electron chi connectivity index (χ0n) is 14.0. The SMILES string of the molecule is O=C(O)N1CCC[C@H]1c1cc(Cl)cc2c1CN(c1ccccc1)CC2. The molecule has 1 atom stereocenters. The second-order valence-electron chi connectivity index (χ2n) is 6.77. The Balaban J connectivity index is 1.72. The minimum absolute atomic E-state index is 0.0827. The van der Waals surface area contributed by atoms with E-state index in [0.29, 0.717) is 11.6 Å². The highest BCUT2D eigenvalue weighted by atomic mass is 35.5. The zero-order valence-corrected chi connectivity index (χ0v) is 14.7. The first-order valence-electron chi connectivity index (χ1n) is 8.74. The van der Waals surface area contributed by atoms with Crippen LogP contribution in [0, 0.1) is 0 Å². The average molecular weight is 357 g/mol. The molecule has 130 valence electrons. The molecular weight excluding hydrogens is 336 g/mol. The van der Waals surface area contributed by atoms with Crippen molar-refractivity contribution >= 4 is 23.4 Å². The van der Waals surface area contributed by atoms with Crippen LogP contribution in [0.15, 0.2) is 42.5 Å². The molecule has 0 spiro atoms. The molecule has 1 fully saturated rings. The molecule has 0 aliphatic carbocycles. The van der Waals surface area contributed by atoms with E-state index < -0.39 is 6.09 Å². The summed E-state index contributed by atoms with van der Waals surface area (Å²) < 4.78 is 0. The van der Waals surface area contributed by atoms with Gasteiger partial charge in [0.05, 0.1) is 6.04 Å². The van der Waals surface area contributed by atoms with Crippen molar-refractivity contribution in [2.24, 2.45) is 0 Å². The maximum Gasteiger partial charge on any atom is 0.407 e. The molecule has 2 aliphatic heterocycles. The van der Waals surface area contributed by atoms with Gasteiger partial charge >= 0.3 is 6.09 Å². The zero-order chi connectivity index (χ0) is 17.4. The quantitative estimate of drug-likeness (QED) is 0.846. The molecule has 2 heterocycles. The highest BCUT2D eigenvalue weighted by Gasteiger charge is 2.33. The number of fused-ring (bicyclic) bond motifs is 1.